The minimum atomic E-state index is -0.373. The highest BCUT2D eigenvalue weighted by Gasteiger charge is 2.19. The summed E-state index contributed by atoms with van der Waals surface area (Å²) in [5, 5.41) is 11.9. The molecule has 0 radical (unpaired) electrons. The van der Waals surface area contributed by atoms with Crippen molar-refractivity contribution in [3.05, 3.63) is 48.3 Å². The Hall–Kier alpha value is -3.00. The van der Waals surface area contributed by atoms with Crippen molar-refractivity contribution in [3.8, 4) is 22.1 Å². The van der Waals surface area contributed by atoms with E-state index >= 15 is 0 Å². The van der Waals surface area contributed by atoms with Crippen molar-refractivity contribution in [3.63, 3.8) is 0 Å². The van der Waals surface area contributed by atoms with Gasteiger partial charge in [-0.15, -0.1) is 10.2 Å². The van der Waals surface area contributed by atoms with E-state index in [0.717, 1.165) is 5.56 Å². The predicted octanol–water partition coefficient (Wildman–Crippen LogP) is 2.87. The maximum absolute atomic E-state index is 12.6. The fourth-order valence-corrected chi connectivity index (χ4v) is 2.86. The van der Waals surface area contributed by atoms with Gasteiger partial charge in [0, 0.05) is 18.0 Å². The lowest BCUT2D eigenvalue weighted by atomic mass is 10.1. The average molecular weight is 342 g/mol. The first kappa shape index (κ1) is 15.9. The van der Waals surface area contributed by atoms with Gasteiger partial charge in [-0.2, -0.15) is 0 Å². The molecule has 1 amide bonds. The number of hydrogen-bond donors (Lipinski definition) is 1. The van der Waals surface area contributed by atoms with Crippen LogP contribution < -0.4 is 14.8 Å². The van der Waals surface area contributed by atoms with Crippen LogP contribution in [0.2, 0.25) is 0 Å². The quantitative estimate of drug-likeness (QED) is 0.767. The zero-order chi connectivity index (χ0) is 16.9. The molecule has 24 heavy (non-hydrogen) atoms. The number of ether oxygens (including phenoxy) is 2. The van der Waals surface area contributed by atoms with E-state index in [0.29, 0.717) is 27.2 Å². The van der Waals surface area contributed by atoms with Crippen LogP contribution in [0.4, 0.5) is 5.13 Å². The van der Waals surface area contributed by atoms with Gasteiger partial charge in [-0.1, -0.05) is 17.4 Å². The summed E-state index contributed by atoms with van der Waals surface area (Å²) in [6.45, 7) is 0. The first-order chi connectivity index (χ1) is 11.7. The number of hydrogen-bond acceptors (Lipinski definition) is 7. The molecule has 2 aromatic heterocycles. The number of benzene rings is 1. The second-order valence-electron chi connectivity index (χ2n) is 4.64. The lowest BCUT2D eigenvalue weighted by Gasteiger charge is -2.11. The molecule has 1 N–H and O–H groups in total. The molecule has 0 spiro atoms. The molecule has 0 aliphatic heterocycles. The first-order valence-corrected chi connectivity index (χ1v) is 7.81. The Morgan fingerprint density at radius 1 is 1.04 bits per heavy atom. The van der Waals surface area contributed by atoms with Crippen LogP contribution in [0.25, 0.3) is 10.6 Å². The molecular weight excluding hydrogens is 328 g/mol. The summed E-state index contributed by atoms with van der Waals surface area (Å²) in [7, 11) is 3.00. The summed E-state index contributed by atoms with van der Waals surface area (Å²) in [6, 6.07) is 8.80. The number of pyridine rings is 1. The molecule has 3 rings (SSSR count). The van der Waals surface area contributed by atoms with Crippen molar-refractivity contribution in [2.24, 2.45) is 0 Å². The number of aromatic nitrogens is 3. The van der Waals surface area contributed by atoms with E-state index in [-0.39, 0.29) is 5.91 Å². The Morgan fingerprint density at radius 2 is 1.71 bits per heavy atom. The van der Waals surface area contributed by atoms with Crippen molar-refractivity contribution < 1.29 is 14.3 Å². The SMILES string of the molecule is COc1cccc(OC)c1C(=O)Nc1nnc(-c2ccncc2)s1. The molecule has 0 aliphatic carbocycles. The lowest BCUT2D eigenvalue weighted by molar-refractivity contribution is 0.102. The van der Waals surface area contributed by atoms with Crippen molar-refractivity contribution in [1.29, 1.82) is 0 Å². The molecule has 0 bridgehead atoms. The summed E-state index contributed by atoms with van der Waals surface area (Å²) in [4.78, 5) is 16.5. The van der Waals surface area contributed by atoms with Crippen LogP contribution >= 0.6 is 11.3 Å². The van der Waals surface area contributed by atoms with Gasteiger partial charge in [0.25, 0.3) is 5.91 Å². The van der Waals surface area contributed by atoms with Gasteiger partial charge >= 0.3 is 0 Å². The minimum absolute atomic E-state index is 0.308. The van der Waals surface area contributed by atoms with Gasteiger partial charge in [0.05, 0.1) is 14.2 Å². The molecule has 0 fully saturated rings. The van der Waals surface area contributed by atoms with Gasteiger partial charge in [-0.3, -0.25) is 15.1 Å². The zero-order valence-electron chi connectivity index (χ0n) is 13.0. The fourth-order valence-electron chi connectivity index (χ4n) is 2.12. The van der Waals surface area contributed by atoms with Gasteiger partial charge in [0.2, 0.25) is 5.13 Å². The summed E-state index contributed by atoms with van der Waals surface area (Å²) in [5.41, 5.74) is 1.20. The van der Waals surface area contributed by atoms with E-state index in [2.05, 4.69) is 20.5 Å². The zero-order valence-corrected chi connectivity index (χ0v) is 13.8. The third-order valence-corrected chi connectivity index (χ3v) is 4.12. The molecule has 0 unspecified atom stereocenters. The largest absolute Gasteiger partial charge is 0.496 e. The van der Waals surface area contributed by atoms with E-state index in [4.69, 9.17) is 9.47 Å². The van der Waals surface area contributed by atoms with Crippen LogP contribution in [-0.2, 0) is 0 Å². The summed E-state index contributed by atoms with van der Waals surface area (Å²) in [5.74, 6) is 0.471. The molecule has 8 heteroatoms. The van der Waals surface area contributed by atoms with Crippen LogP contribution in [0.3, 0.4) is 0 Å². The van der Waals surface area contributed by atoms with E-state index in [1.54, 1.807) is 30.6 Å². The number of carbonyl (C=O) groups excluding carboxylic acids is 1. The maximum atomic E-state index is 12.6. The number of nitrogens with one attached hydrogen (secondary N) is 1. The van der Waals surface area contributed by atoms with Crippen molar-refractivity contribution in [2.75, 3.05) is 19.5 Å². The molecule has 0 saturated carbocycles. The molecule has 0 atom stereocenters. The summed E-state index contributed by atoms with van der Waals surface area (Å²) < 4.78 is 10.5. The number of carbonyl (C=O) groups is 1. The highest BCUT2D eigenvalue weighted by Crippen LogP contribution is 2.30. The van der Waals surface area contributed by atoms with Gasteiger partial charge in [-0.05, 0) is 24.3 Å². The Bertz CT molecular complexity index is 829. The molecule has 2 heterocycles. The molecule has 0 saturated heterocycles. The first-order valence-electron chi connectivity index (χ1n) is 6.99. The Balaban J connectivity index is 1.85. The number of amides is 1. The monoisotopic (exact) mass is 342 g/mol. The van der Waals surface area contributed by atoms with Gasteiger partial charge in [-0.25, -0.2) is 0 Å². The Labute approximate surface area is 142 Å². The number of anilines is 1. The molecular formula is C16H14N4O3S. The molecule has 122 valence electrons. The van der Waals surface area contributed by atoms with Crippen LogP contribution in [-0.4, -0.2) is 35.3 Å². The van der Waals surface area contributed by atoms with E-state index in [1.807, 2.05) is 12.1 Å². The van der Waals surface area contributed by atoms with Gasteiger partial charge in [0.1, 0.15) is 22.1 Å². The normalized spacial score (nSPS) is 10.2. The Morgan fingerprint density at radius 3 is 2.33 bits per heavy atom. The number of methoxy groups -OCH3 is 2. The van der Waals surface area contributed by atoms with E-state index in [9.17, 15) is 4.79 Å². The lowest BCUT2D eigenvalue weighted by Crippen LogP contribution is -2.14. The summed E-state index contributed by atoms with van der Waals surface area (Å²) in [6.07, 6.45) is 3.35. The molecule has 7 nitrogen and oxygen atoms in total. The predicted molar refractivity (Wildman–Crippen MR) is 90.6 cm³/mol. The Kier molecular flexibility index (Phi) is 4.66. The van der Waals surface area contributed by atoms with Gasteiger partial charge in [0.15, 0.2) is 0 Å². The van der Waals surface area contributed by atoms with Crippen molar-refractivity contribution in [1.82, 2.24) is 15.2 Å². The van der Waals surface area contributed by atoms with Gasteiger partial charge < -0.3 is 9.47 Å². The second kappa shape index (κ2) is 7.05. The van der Waals surface area contributed by atoms with Crippen LogP contribution in [0.1, 0.15) is 10.4 Å². The molecule has 0 aliphatic rings. The average Bonchev–Trinajstić information content (AvgIpc) is 3.10. The third kappa shape index (κ3) is 3.18. The van der Waals surface area contributed by atoms with E-state index in [1.165, 1.54) is 25.6 Å². The van der Waals surface area contributed by atoms with Crippen LogP contribution in [0.15, 0.2) is 42.7 Å². The van der Waals surface area contributed by atoms with E-state index < -0.39 is 0 Å². The fraction of sp³-hybridized carbons (Fsp3) is 0.125. The maximum Gasteiger partial charge on any atom is 0.265 e. The van der Waals surface area contributed by atoms with Crippen molar-refractivity contribution >= 4 is 22.4 Å². The van der Waals surface area contributed by atoms with Crippen LogP contribution in [0, 0.1) is 0 Å². The number of nitrogens with zero attached hydrogens (tertiary/aromatic N) is 3. The topological polar surface area (TPSA) is 86.2 Å². The van der Waals surface area contributed by atoms with Crippen molar-refractivity contribution in [2.45, 2.75) is 0 Å². The number of rotatable bonds is 5. The molecule has 1 aromatic carbocycles. The second-order valence-corrected chi connectivity index (χ2v) is 5.62. The van der Waals surface area contributed by atoms with Crippen LogP contribution in [0.5, 0.6) is 11.5 Å². The highest BCUT2D eigenvalue weighted by molar-refractivity contribution is 7.18. The minimum Gasteiger partial charge on any atom is -0.496 e. The smallest absolute Gasteiger partial charge is 0.265 e. The highest BCUT2D eigenvalue weighted by atomic mass is 32.1. The summed E-state index contributed by atoms with van der Waals surface area (Å²) >= 11 is 1.27. The third-order valence-electron chi connectivity index (χ3n) is 3.23. The molecule has 3 aromatic rings. The standard InChI is InChI=1S/C16H14N4O3S/c1-22-11-4-3-5-12(23-2)13(11)14(21)18-16-20-19-15(24-16)10-6-8-17-9-7-10/h3-9H,1-2H3,(H,18,20,21).